The minimum atomic E-state index is -0.329. The van der Waals surface area contributed by atoms with Gasteiger partial charge in [0.1, 0.15) is 11.0 Å². The summed E-state index contributed by atoms with van der Waals surface area (Å²) in [6.07, 6.45) is 6.15. The van der Waals surface area contributed by atoms with E-state index in [1.807, 2.05) is 4.90 Å². The molecule has 0 N–H and O–H groups in total. The molecule has 1 aliphatic heterocycles. The molecule has 3 unspecified atom stereocenters. The van der Waals surface area contributed by atoms with Crippen molar-refractivity contribution in [1.82, 2.24) is 13.6 Å². The van der Waals surface area contributed by atoms with E-state index in [2.05, 4.69) is 106 Å². The Hall–Kier alpha value is -2.94. The second-order valence-corrected chi connectivity index (χ2v) is 19.2. The Morgan fingerprint density at radius 3 is 2.14 bits per heavy atom. The van der Waals surface area contributed by atoms with Crippen molar-refractivity contribution in [2.75, 3.05) is 6.54 Å². The fourth-order valence-electron chi connectivity index (χ4n) is 7.44. The Bertz CT molecular complexity index is 1980. The second kappa shape index (κ2) is 14.2. The van der Waals surface area contributed by atoms with E-state index in [0.717, 1.165) is 81.0 Å². The summed E-state index contributed by atoms with van der Waals surface area (Å²) in [5, 5.41) is 0. The number of rotatable bonds is 12. The number of allylic oxidation sites excluding steroid dienone is 1. The van der Waals surface area contributed by atoms with E-state index in [9.17, 15) is 9.59 Å². The highest BCUT2D eigenvalue weighted by Gasteiger charge is 2.50. The summed E-state index contributed by atoms with van der Waals surface area (Å²) in [5.74, 6) is 0.519. The number of thiophene rings is 2. The number of carbonyl (C=O) groups is 2. The average Bonchev–Trinajstić information content (AvgIpc) is 3.90. The average molecular weight is 728 g/mol. The van der Waals surface area contributed by atoms with Crippen molar-refractivity contribution in [3.63, 3.8) is 0 Å². The molecule has 0 spiro atoms. The van der Waals surface area contributed by atoms with E-state index in [1.54, 1.807) is 22.7 Å². The molecule has 1 aromatic carbocycles. The van der Waals surface area contributed by atoms with Crippen LogP contribution in [0.2, 0.25) is 0 Å². The van der Waals surface area contributed by atoms with E-state index < -0.39 is 0 Å². The van der Waals surface area contributed by atoms with E-state index in [4.69, 9.17) is 8.75 Å². The van der Waals surface area contributed by atoms with E-state index >= 15 is 0 Å². The van der Waals surface area contributed by atoms with Crippen LogP contribution in [0.3, 0.4) is 0 Å². The van der Waals surface area contributed by atoms with Gasteiger partial charge < -0.3 is 4.90 Å². The lowest BCUT2D eigenvalue weighted by atomic mass is 9.84. The Labute approximate surface area is 311 Å². The molecule has 0 bridgehead atoms. The summed E-state index contributed by atoms with van der Waals surface area (Å²) in [4.78, 5) is 36.2. The maximum absolute atomic E-state index is 15.0. The van der Waals surface area contributed by atoms with Gasteiger partial charge in [0.2, 0.25) is 0 Å². The predicted molar refractivity (Wildman–Crippen MR) is 214 cm³/mol. The van der Waals surface area contributed by atoms with Crippen LogP contribution < -0.4 is 0 Å². The maximum atomic E-state index is 15.0. The topological polar surface area (TPSA) is 63.2 Å². The number of unbranched alkanes of at least 4 members (excludes halogenated alkanes) is 1. The molecule has 2 aliphatic rings. The van der Waals surface area contributed by atoms with Gasteiger partial charge in [0, 0.05) is 32.7 Å². The van der Waals surface area contributed by atoms with Gasteiger partial charge in [-0.3, -0.25) is 9.59 Å². The molecule has 266 valence electrons. The van der Waals surface area contributed by atoms with Crippen molar-refractivity contribution < 1.29 is 9.59 Å². The molecule has 5 nitrogen and oxygen atoms in total. The number of benzene rings is 1. The summed E-state index contributed by atoms with van der Waals surface area (Å²) in [6.45, 7) is 22.7. The van der Waals surface area contributed by atoms with Gasteiger partial charge in [-0.15, -0.1) is 22.7 Å². The van der Waals surface area contributed by atoms with E-state index in [0.29, 0.717) is 29.5 Å². The molecule has 4 heterocycles. The van der Waals surface area contributed by atoms with Gasteiger partial charge in [0.05, 0.1) is 33.4 Å². The van der Waals surface area contributed by atoms with Crippen molar-refractivity contribution in [1.29, 1.82) is 0 Å². The highest BCUT2D eigenvalue weighted by Crippen LogP contribution is 2.54. The SMILES string of the molecule is CCCCC(CC)CC1C(=O)C2=C(c3ccc(C(C)(C)C)s3)N(CC(C)CC)C(=O)C2=C1c1ccc(-c2ccc(C(C)(C)C)c3nsnc23)s1. The van der Waals surface area contributed by atoms with Crippen LogP contribution in [0.25, 0.3) is 32.7 Å². The molecule has 4 aromatic rings. The third kappa shape index (κ3) is 6.72. The van der Waals surface area contributed by atoms with Gasteiger partial charge in [0.25, 0.3) is 5.91 Å². The predicted octanol–water partition coefficient (Wildman–Crippen LogP) is 11.9. The summed E-state index contributed by atoms with van der Waals surface area (Å²) >= 11 is 4.67. The first-order chi connectivity index (χ1) is 23.7. The zero-order chi connectivity index (χ0) is 36.1. The summed E-state index contributed by atoms with van der Waals surface area (Å²) in [6, 6.07) is 13.0. The van der Waals surface area contributed by atoms with Gasteiger partial charge >= 0.3 is 0 Å². The number of hydrogen-bond donors (Lipinski definition) is 0. The number of hydrogen-bond acceptors (Lipinski definition) is 7. The third-order valence-electron chi connectivity index (χ3n) is 10.6. The van der Waals surface area contributed by atoms with Crippen LogP contribution in [-0.4, -0.2) is 31.9 Å². The molecule has 3 aromatic heterocycles. The van der Waals surface area contributed by atoms with Crippen LogP contribution in [0.15, 0.2) is 47.5 Å². The molecule has 1 aliphatic carbocycles. The number of ketones is 1. The number of nitrogens with zero attached hydrogens (tertiary/aromatic N) is 3. The lowest BCUT2D eigenvalue weighted by Crippen LogP contribution is -2.30. The van der Waals surface area contributed by atoms with Gasteiger partial charge in [-0.2, -0.15) is 8.75 Å². The first kappa shape index (κ1) is 36.8. The zero-order valence-corrected chi connectivity index (χ0v) is 34.0. The molecule has 0 fully saturated rings. The number of aromatic nitrogens is 2. The zero-order valence-electron chi connectivity index (χ0n) is 31.5. The second-order valence-electron chi connectivity index (χ2n) is 16.5. The number of carbonyl (C=O) groups excluding carboxylic acids is 2. The molecule has 0 saturated carbocycles. The maximum Gasteiger partial charge on any atom is 0.259 e. The molecule has 6 rings (SSSR count). The number of fused-ring (bicyclic) bond motifs is 2. The largest absolute Gasteiger partial charge is 0.306 e. The van der Waals surface area contributed by atoms with Crippen molar-refractivity contribution >= 4 is 68.4 Å². The first-order valence-corrected chi connectivity index (χ1v) is 20.9. The summed E-state index contributed by atoms with van der Waals surface area (Å²) in [7, 11) is 0. The molecular weight excluding hydrogens is 675 g/mol. The minimum Gasteiger partial charge on any atom is -0.306 e. The Morgan fingerprint density at radius 1 is 0.800 bits per heavy atom. The van der Waals surface area contributed by atoms with Crippen LogP contribution >= 0.6 is 34.4 Å². The molecule has 0 radical (unpaired) electrons. The number of Topliss-reactive ketones (excluding diaryl/α,β-unsaturated/α-hetero) is 1. The monoisotopic (exact) mass is 727 g/mol. The lowest BCUT2D eigenvalue weighted by Gasteiger charge is -2.26. The summed E-state index contributed by atoms with van der Waals surface area (Å²) < 4.78 is 9.48. The standard InChI is InChI=1S/C42H53N3O2S3/c1-11-14-15-25(13-3)22-27-33(30-19-18-29(48-30)26-16-17-28(41(5,6)7)37-36(26)43-50-44-37)34-35(39(27)46)38(45(40(34)47)23-24(4)12-2)31-20-21-32(49-31)42(8,9)10/h16-21,24-25,27H,11-15,22-23H2,1-10H3. The molecule has 1 amide bonds. The Morgan fingerprint density at radius 2 is 1.50 bits per heavy atom. The Balaban J connectivity index is 1.54. The number of amides is 1. The van der Waals surface area contributed by atoms with Crippen molar-refractivity contribution in [2.24, 2.45) is 17.8 Å². The fourth-order valence-corrected chi connectivity index (χ4v) is 10.3. The lowest BCUT2D eigenvalue weighted by molar-refractivity contribution is -0.123. The van der Waals surface area contributed by atoms with Crippen LogP contribution in [0, 0.1) is 17.8 Å². The summed E-state index contributed by atoms with van der Waals surface area (Å²) in [5.41, 5.74) is 7.13. The van der Waals surface area contributed by atoms with Crippen molar-refractivity contribution in [2.45, 2.75) is 119 Å². The van der Waals surface area contributed by atoms with Gasteiger partial charge in [-0.05, 0) is 64.5 Å². The Kier molecular flexibility index (Phi) is 10.5. The van der Waals surface area contributed by atoms with E-state index in [-0.39, 0.29) is 28.4 Å². The van der Waals surface area contributed by atoms with E-state index in [1.165, 1.54) is 22.2 Å². The molecule has 8 heteroatoms. The van der Waals surface area contributed by atoms with Gasteiger partial charge in [-0.1, -0.05) is 113 Å². The van der Waals surface area contributed by atoms with Crippen LogP contribution in [0.4, 0.5) is 0 Å². The van der Waals surface area contributed by atoms with Gasteiger partial charge in [-0.25, -0.2) is 0 Å². The van der Waals surface area contributed by atoms with Crippen LogP contribution in [0.5, 0.6) is 0 Å². The fraction of sp³-hybridized carbons (Fsp3) is 0.524. The minimum absolute atomic E-state index is 0.0102. The van der Waals surface area contributed by atoms with Crippen LogP contribution in [-0.2, 0) is 20.4 Å². The highest BCUT2D eigenvalue weighted by molar-refractivity contribution is 7.16. The molecule has 3 atom stereocenters. The third-order valence-corrected chi connectivity index (χ3v) is 13.8. The molecular formula is C42H53N3O2S3. The van der Waals surface area contributed by atoms with Crippen LogP contribution in [0.1, 0.15) is 128 Å². The highest BCUT2D eigenvalue weighted by atomic mass is 32.1. The molecule has 50 heavy (non-hydrogen) atoms. The molecule has 0 saturated heterocycles. The smallest absolute Gasteiger partial charge is 0.259 e. The van der Waals surface area contributed by atoms with Crippen molar-refractivity contribution in [3.8, 4) is 10.4 Å². The normalized spacial score (nSPS) is 18.3. The van der Waals surface area contributed by atoms with Gasteiger partial charge in [0.15, 0.2) is 5.78 Å². The quantitative estimate of drug-likeness (QED) is 0.146. The first-order valence-electron chi connectivity index (χ1n) is 18.5. The van der Waals surface area contributed by atoms with Crippen molar-refractivity contribution in [3.05, 3.63) is 67.7 Å².